The van der Waals surface area contributed by atoms with E-state index in [2.05, 4.69) is 10.3 Å². The molecule has 1 atom stereocenters. The first-order valence-electron chi connectivity index (χ1n) is 5.93. The van der Waals surface area contributed by atoms with E-state index < -0.39 is 11.7 Å². The third kappa shape index (κ3) is 3.31. The van der Waals surface area contributed by atoms with Crippen molar-refractivity contribution >= 4 is 22.9 Å². The molecule has 0 aliphatic heterocycles. The summed E-state index contributed by atoms with van der Waals surface area (Å²) in [5.74, 6) is 0. The SMILES string of the molecule is CCNC(c1ccc(C(F)(F)F)cn1)c1sccc1Cl. The first kappa shape index (κ1) is 15.3. The monoisotopic (exact) mass is 320 g/mol. The largest absolute Gasteiger partial charge is 0.417 e. The molecule has 1 unspecified atom stereocenters. The van der Waals surface area contributed by atoms with Gasteiger partial charge in [0.1, 0.15) is 0 Å². The molecule has 20 heavy (non-hydrogen) atoms. The van der Waals surface area contributed by atoms with Crippen molar-refractivity contribution in [1.29, 1.82) is 0 Å². The highest BCUT2D eigenvalue weighted by molar-refractivity contribution is 7.10. The predicted octanol–water partition coefficient (Wildman–Crippen LogP) is 4.51. The highest BCUT2D eigenvalue weighted by Crippen LogP contribution is 2.33. The molecule has 2 heterocycles. The molecular formula is C13H12ClF3N2S. The molecule has 0 aromatic carbocycles. The Labute approximate surface area is 123 Å². The van der Waals surface area contributed by atoms with E-state index in [0.717, 1.165) is 17.1 Å². The van der Waals surface area contributed by atoms with Gasteiger partial charge in [-0.2, -0.15) is 13.2 Å². The van der Waals surface area contributed by atoms with Crippen LogP contribution >= 0.6 is 22.9 Å². The Morgan fingerprint density at radius 3 is 2.55 bits per heavy atom. The minimum Gasteiger partial charge on any atom is -0.305 e. The molecule has 0 aliphatic rings. The lowest BCUT2D eigenvalue weighted by Gasteiger charge is -2.17. The van der Waals surface area contributed by atoms with E-state index in [9.17, 15) is 13.2 Å². The van der Waals surface area contributed by atoms with E-state index in [4.69, 9.17) is 11.6 Å². The molecule has 0 fully saturated rings. The summed E-state index contributed by atoms with van der Waals surface area (Å²) >= 11 is 7.53. The van der Waals surface area contributed by atoms with Crippen LogP contribution in [0.2, 0.25) is 5.02 Å². The van der Waals surface area contributed by atoms with Gasteiger partial charge in [0, 0.05) is 11.1 Å². The van der Waals surface area contributed by atoms with Crippen LogP contribution in [0.25, 0.3) is 0 Å². The van der Waals surface area contributed by atoms with Gasteiger partial charge in [-0.25, -0.2) is 0 Å². The van der Waals surface area contributed by atoms with Gasteiger partial charge in [0.15, 0.2) is 0 Å². The zero-order chi connectivity index (χ0) is 14.8. The van der Waals surface area contributed by atoms with Crippen LogP contribution in [0.4, 0.5) is 13.2 Å². The summed E-state index contributed by atoms with van der Waals surface area (Å²) < 4.78 is 37.6. The third-order valence-corrected chi connectivity index (χ3v) is 4.15. The first-order chi connectivity index (χ1) is 9.43. The molecule has 0 spiro atoms. The van der Waals surface area contributed by atoms with E-state index in [-0.39, 0.29) is 6.04 Å². The molecule has 0 radical (unpaired) electrons. The van der Waals surface area contributed by atoms with Crippen LogP contribution in [0.5, 0.6) is 0 Å². The Morgan fingerprint density at radius 1 is 1.35 bits per heavy atom. The van der Waals surface area contributed by atoms with Crippen molar-refractivity contribution in [2.45, 2.75) is 19.1 Å². The number of nitrogens with one attached hydrogen (secondary N) is 1. The fourth-order valence-electron chi connectivity index (χ4n) is 1.79. The van der Waals surface area contributed by atoms with Gasteiger partial charge in [0.05, 0.1) is 22.3 Å². The normalized spacial score (nSPS) is 13.4. The van der Waals surface area contributed by atoms with Crippen LogP contribution in [-0.2, 0) is 6.18 Å². The molecule has 7 heteroatoms. The van der Waals surface area contributed by atoms with E-state index in [1.807, 2.05) is 12.3 Å². The number of hydrogen-bond acceptors (Lipinski definition) is 3. The number of pyridine rings is 1. The minimum atomic E-state index is -4.38. The summed E-state index contributed by atoms with van der Waals surface area (Å²) in [5, 5.41) is 5.61. The lowest BCUT2D eigenvalue weighted by molar-refractivity contribution is -0.137. The molecule has 0 saturated heterocycles. The molecule has 2 aromatic heterocycles. The maximum atomic E-state index is 12.5. The molecular weight excluding hydrogens is 309 g/mol. The van der Waals surface area contributed by atoms with Crippen LogP contribution in [0.15, 0.2) is 29.8 Å². The summed E-state index contributed by atoms with van der Waals surface area (Å²) in [6.45, 7) is 2.57. The molecule has 0 amide bonds. The topological polar surface area (TPSA) is 24.9 Å². The van der Waals surface area contributed by atoms with Gasteiger partial charge < -0.3 is 5.32 Å². The van der Waals surface area contributed by atoms with Gasteiger partial charge in [-0.15, -0.1) is 11.3 Å². The number of hydrogen-bond donors (Lipinski definition) is 1. The van der Waals surface area contributed by atoms with Crippen molar-refractivity contribution in [3.8, 4) is 0 Å². The second-order valence-corrected chi connectivity index (χ2v) is 5.45. The van der Waals surface area contributed by atoms with E-state index >= 15 is 0 Å². The zero-order valence-electron chi connectivity index (χ0n) is 10.5. The maximum absolute atomic E-state index is 12.5. The fraction of sp³-hybridized carbons (Fsp3) is 0.308. The third-order valence-electron chi connectivity index (χ3n) is 2.72. The summed E-state index contributed by atoms with van der Waals surface area (Å²) in [7, 11) is 0. The van der Waals surface area contributed by atoms with Crippen LogP contribution in [0, 0.1) is 0 Å². The lowest BCUT2D eigenvalue weighted by Crippen LogP contribution is -2.22. The Balaban J connectivity index is 2.33. The van der Waals surface area contributed by atoms with E-state index in [0.29, 0.717) is 17.3 Å². The average Bonchev–Trinajstić information content (AvgIpc) is 2.81. The Bertz CT molecular complexity index is 566. The molecule has 0 bridgehead atoms. The fourth-order valence-corrected chi connectivity index (χ4v) is 3.04. The Morgan fingerprint density at radius 2 is 2.10 bits per heavy atom. The van der Waals surface area contributed by atoms with Crippen molar-refractivity contribution in [3.05, 3.63) is 50.9 Å². The second-order valence-electron chi connectivity index (χ2n) is 4.09. The zero-order valence-corrected chi connectivity index (χ0v) is 12.1. The van der Waals surface area contributed by atoms with E-state index in [1.54, 1.807) is 6.07 Å². The van der Waals surface area contributed by atoms with Crippen molar-refractivity contribution in [3.63, 3.8) is 0 Å². The molecule has 2 nitrogen and oxygen atoms in total. The predicted molar refractivity (Wildman–Crippen MR) is 74.1 cm³/mol. The number of thiophene rings is 1. The van der Waals surface area contributed by atoms with Gasteiger partial charge in [-0.3, -0.25) is 4.98 Å². The van der Waals surface area contributed by atoms with Crippen molar-refractivity contribution in [1.82, 2.24) is 10.3 Å². The number of nitrogens with zero attached hydrogens (tertiary/aromatic N) is 1. The summed E-state index contributed by atoms with van der Waals surface area (Å²) in [4.78, 5) is 4.77. The van der Waals surface area contributed by atoms with Crippen molar-refractivity contribution in [2.24, 2.45) is 0 Å². The van der Waals surface area contributed by atoms with E-state index in [1.165, 1.54) is 17.4 Å². The maximum Gasteiger partial charge on any atom is 0.417 e. The van der Waals surface area contributed by atoms with Crippen LogP contribution < -0.4 is 5.32 Å². The molecule has 0 aliphatic carbocycles. The highest BCUT2D eigenvalue weighted by Gasteiger charge is 2.31. The smallest absolute Gasteiger partial charge is 0.305 e. The van der Waals surface area contributed by atoms with Gasteiger partial charge in [0.2, 0.25) is 0 Å². The highest BCUT2D eigenvalue weighted by atomic mass is 35.5. The number of alkyl halides is 3. The lowest BCUT2D eigenvalue weighted by atomic mass is 10.1. The number of halogens is 4. The molecule has 108 valence electrons. The van der Waals surface area contributed by atoms with Gasteiger partial charge in [-0.05, 0) is 30.1 Å². The van der Waals surface area contributed by atoms with Crippen LogP contribution in [0.1, 0.15) is 29.1 Å². The van der Waals surface area contributed by atoms with Gasteiger partial charge in [0.25, 0.3) is 0 Å². The van der Waals surface area contributed by atoms with Crippen LogP contribution in [0.3, 0.4) is 0 Å². The minimum absolute atomic E-state index is 0.296. The van der Waals surface area contributed by atoms with Crippen LogP contribution in [-0.4, -0.2) is 11.5 Å². The number of rotatable bonds is 4. The summed E-state index contributed by atoms with van der Waals surface area (Å²) in [5.41, 5.74) is -0.238. The number of aromatic nitrogens is 1. The first-order valence-corrected chi connectivity index (χ1v) is 7.18. The Hall–Kier alpha value is -1.11. The average molecular weight is 321 g/mol. The molecule has 2 aromatic rings. The van der Waals surface area contributed by atoms with Crippen molar-refractivity contribution < 1.29 is 13.2 Å². The van der Waals surface area contributed by atoms with Gasteiger partial charge in [-0.1, -0.05) is 18.5 Å². The standard InChI is InChI=1S/C13H12ClF3N2S/c1-2-18-11(12-9(14)5-6-20-12)10-4-3-8(7-19-10)13(15,16)17/h3-7,11,18H,2H2,1H3. The van der Waals surface area contributed by atoms with Gasteiger partial charge >= 0.3 is 6.18 Å². The molecule has 1 N–H and O–H groups in total. The second kappa shape index (κ2) is 6.11. The Kier molecular flexibility index (Phi) is 4.67. The summed E-state index contributed by atoms with van der Waals surface area (Å²) in [6, 6.07) is 3.88. The summed E-state index contributed by atoms with van der Waals surface area (Å²) in [6.07, 6.45) is -3.53. The molecule has 0 saturated carbocycles. The van der Waals surface area contributed by atoms with Crippen molar-refractivity contribution in [2.75, 3.05) is 6.54 Å². The molecule has 2 rings (SSSR count). The quantitative estimate of drug-likeness (QED) is 0.896.